The van der Waals surface area contributed by atoms with Crippen molar-refractivity contribution in [3.05, 3.63) is 59.5 Å². The number of amides is 1. The molecule has 1 fully saturated rings. The van der Waals surface area contributed by atoms with Gasteiger partial charge in [-0.2, -0.15) is 0 Å². The maximum Gasteiger partial charge on any atom is 0.274 e. The van der Waals surface area contributed by atoms with Gasteiger partial charge in [-0.05, 0) is 62.1 Å². The van der Waals surface area contributed by atoms with Gasteiger partial charge in [-0.1, -0.05) is 11.3 Å². The van der Waals surface area contributed by atoms with Crippen LogP contribution >= 0.6 is 0 Å². The van der Waals surface area contributed by atoms with Crippen LogP contribution in [0.4, 0.5) is 0 Å². The molecule has 7 heteroatoms. The number of carbonyl (C=O) groups excluding carboxylic acids is 1. The molecule has 2 aromatic heterocycles. The summed E-state index contributed by atoms with van der Waals surface area (Å²) in [4.78, 5) is 16.9. The van der Waals surface area contributed by atoms with Crippen molar-refractivity contribution in [2.75, 3.05) is 13.2 Å². The van der Waals surface area contributed by atoms with Crippen molar-refractivity contribution in [3.8, 4) is 16.9 Å². The van der Waals surface area contributed by atoms with Crippen molar-refractivity contribution >= 4 is 5.91 Å². The molecule has 0 bridgehead atoms. The molecule has 0 saturated carbocycles. The Labute approximate surface area is 163 Å². The highest BCUT2D eigenvalue weighted by atomic mass is 16.5. The first-order valence-electron chi connectivity index (χ1n) is 9.47. The van der Waals surface area contributed by atoms with Crippen LogP contribution in [0.15, 0.2) is 42.7 Å². The maximum absolute atomic E-state index is 12.9. The summed E-state index contributed by atoms with van der Waals surface area (Å²) in [6, 6.07) is 9.78. The lowest BCUT2D eigenvalue weighted by atomic mass is 10.1. The first-order chi connectivity index (χ1) is 13.6. The van der Waals surface area contributed by atoms with Crippen molar-refractivity contribution in [3.63, 3.8) is 0 Å². The van der Waals surface area contributed by atoms with E-state index in [2.05, 4.69) is 34.5 Å². The molecule has 1 aromatic carbocycles. The van der Waals surface area contributed by atoms with E-state index in [-0.39, 0.29) is 12.0 Å². The van der Waals surface area contributed by atoms with E-state index in [1.807, 2.05) is 30.3 Å². The van der Waals surface area contributed by atoms with E-state index in [0.29, 0.717) is 17.9 Å². The number of rotatable bonds is 5. The molecule has 0 radical (unpaired) electrons. The van der Waals surface area contributed by atoms with Gasteiger partial charge in [0.1, 0.15) is 5.69 Å². The Morgan fingerprint density at radius 3 is 2.75 bits per heavy atom. The number of carbonyl (C=O) groups is 1. The summed E-state index contributed by atoms with van der Waals surface area (Å²) in [5.74, 6) is -0.252. The molecular formula is C21H23N5O2. The van der Waals surface area contributed by atoms with Crippen LogP contribution in [-0.2, 0) is 4.74 Å². The normalized spacial score (nSPS) is 16.3. The summed E-state index contributed by atoms with van der Waals surface area (Å²) < 4.78 is 7.30. The van der Waals surface area contributed by atoms with Crippen molar-refractivity contribution < 1.29 is 9.53 Å². The predicted octanol–water partition coefficient (Wildman–Crippen LogP) is 2.85. The molecule has 3 heterocycles. The van der Waals surface area contributed by atoms with Crippen LogP contribution in [0.1, 0.15) is 34.5 Å². The fraction of sp³-hybridized carbons (Fsp3) is 0.333. The van der Waals surface area contributed by atoms with E-state index < -0.39 is 0 Å². The molecule has 3 aromatic rings. The van der Waals surface area contributed by atoms with Crippen LogP contribution in [0.3, 0.4) is 0 Å². The third-order valence-electron chi connectivity index (χ3n) is 5.09. The standard InChI is InChI=1S/C21H23N5O2/c1-14-5-6-17(12-15(14)2)26-20(16-7-9-22-10-8-16)19(24-25-26)21(27)23-13-18-4-3-11-28-18/h5-10,12,18H,3-4,11,13H2,1-2H3,(H,23,27)/t18-/m1/s1. The molecule has 1 N–H and O–H groups in total. The van der Waals surface area contributed by atoms with Gasteiger partial charge in [-0.15, -0.1) is 5.10 Å². The van der Waals surface area contributed by atoms with E-state index in [1.165, 1.54) is 5.56 Å². The van der Waals surface area contributed by atoms with Crippen LogP contribution in [0.25, 0.3) is 16.9 Å². The lowest BCUT2D eigenvalue weighted by Gasteiger charge is -2.12. The highest BCUT2D eigenvalue weighted by Gasteiger charge is 2.24. The largest absolute Gasteiger partial charge is 0.376 e. The number of nitrogens with zero attached hydrogens (tertiary/aromatic N) is 4. The number of pyridine rings is 1. The molecule has 0 spiro atoms. The average molecular weight is 377 g/mol. The van der Waals surface area contributed by atoms with Crippen molar-refractivity contribution in [2.45, 2.75) is 32.8 Å². The molecule has 1 atom stereocenters. The Balaban J connectivity index is 1.71. The third kappa shape index (κ3) is 3.66. The third-order valence-corrected chi connectivity index (χ3v) is 5.09. The van der Waals surface area contributed by atoms with Crippen LogP contribution < -0.4 is 5.32 Å². The lowest BCUT2D eigenvalue weighted by molar-refractivity contribution is 0.0854. The van der Waals surface area contributed by atoms with Gasteiger partial charge in [0, 0.05) is 31.1 Å². The van der Waals surface area contributed by atoms with E-state index in [0.717, 1.165) is 36.3 Å². The van der Waals surface area contributed by atoms with Crippen molar-refractivity contribution in [1.29, 1.82) is 0 Å². The van der Waals surface area contributed by atoms with Crippen molar-refractivity contribution in [1.82, 2.24) is 25.3 Å². The molecule has 144 valence electrons. The topological polar surface area (TPSA) is 81.9 Å². The molecular weight excluding hydrogens is 354 g/mol. The highest BCUT2D eigenvalue weighted by molar-refractivity contribution is 5.98. The molecule has 1 aliphatic heterocycles. The molecule has 4 rings (SSSR count). The van der Waals surface area contributed by atoms with Gasteiger partial charge in [0.05, 0.1) is 11.8 Å². The number of hydrogen-bond acceptors (Lipinski definition) is 5. The summed E-state index contributed by atoms with van der Waals surface area (Å²) in [5, 5.41) is 11.4. The minimum Gasteiger partial charge on any atom is -0.376 e. The summed E-state index contributed by atoms with van der Waals surface area (Å²) in [5.41, 5.74) is 4.99. The van der Waals surface area contributed by atoms with Gasteiger partial charge in [0.25, 0.3) is 5.91 Å². The van der Waals surface area contributed by atoms with E-state index in [4.69, 9.17) is 4.74 Å². The zero-order chi connectivity index (χ0) is 19.5. The first-order valence-corrected chi connectivity index (χ1v) is 9.47. The van der Waals surface area contributed by atoms with E-state index >= 15 is 0 Å². The molecule has 1 aliphatic rings. The van der Waals surface area contributed by atoms with E-state index in [9.17, 15) is 4.79 Å². The number of hydrogen-bond donors (Lipinski definition) is 1. The van der Waals surface area contributed by atoms with Crippen LogP contribution in [0, 0.1) is 13.8 Å². The maximum atomic E-state index is 12.9. The number of benzene rings is 1. The zero-order valence-electron chi connectivity index (χ0n) is 16.1. The van der Waals surface area contributed by atoms with Gasteiger partial charge in [0.15, 0.2) is 5.69 Å². The fourth-order valence-corrected chi connectivity index (χ4v) is 3.34. The smallest absolute Gasteiger partial charge is 0.274 e. The fourth-order valence-electron chi connectivity index (χ4n) is 3.34. The molecule has 7 nitrogen and oxygen atoms in total. The van der Waals surface area contributed by atoms with Gasteiger partial charge >= 0.3 is 0 Å². The Hall–Kier alpha value is -3.06. The van der Waals surface area contributed by atoms with Crippen LogP contribution in [0.5, 0.6) is 0 Å². The monoisotopic (exact) mass is 377 g/mol. The van der Waals surface area contributed by atoms with Crippen molar-refractivity contribution in [2.24, 2.45) is 0 Å². The average Bonchev–Trinajstić information content (AvgIpc) is 3.39. The number of ether oxygens (including phenoxy) is 1. The van der Waals surface area contributed by atoms with Gasteiger partial charge in [0.2, 0.25) is 0 Å². The predicted molar refractivity (Wildman–Crippen MR) is 105 cm³/mol. The number of nitrogens with one attached hydrogen (secondary N) is 1. The molecule has 1 amide bonds. The van der Waals surface area contributed by atoms with Gasteiger partial charge in [-0.25, -0.2) is 4.68 Å². The summed E-state index contributed by atoms with van der Waals surface area (Å²) >= 11 is 0. The summed E-state index contributed by atoms with van der Waals surface area (Å²) in [6.45, 7) is 5.35. The zero-order valence-corrected chi connectivity index (χ0v) is 16.1. The minimum absolute atomic E-state index is 0.0723. The Bertz CT molecular complexity index is 978. The molecule has 28 heavy (non-hydrogen) atoms. The number of aryl methyl sites for hydroxylation is 2. The van der Waals surface area contributed by atoms with E-state index in [1.54, 1.807) is 17.1 Å². The SMILES string of the molecule is Cc1ccc(-n2nnc(C(=O)NC[C@H]3CCCO3)c2-c2ccncc2)cc1C. The Morgan fingerprint density at radius 1 is 1.21 bits per heavy atom. The highest BCUT2D eigenvalue weighted by Crippen LogP contribution is 2.26. The lowest BCUT2D eigenvalue weighted by Crippen LogP contribution is -2.32. The number of aromatic nitrogens is 4. The quantitative estimate of drug-likeness (QED) is 0.739. The summed E-state index contributed by atoms with van der Waals surface area (Å²) in [6.07, 6.45) is 5.46. The van der Waals surface area contributed by atoms with Gasteiger partial charge < -0.3 is 10.1 Å². The van der Waals surface area contributed by atoms with Crippen LogP contribution in [0.2, 0.25) is 0 Å². The Kier molecular flexibility index (Phi) is 5.16. The van der Waals surface area contributed by atoms with Crippen LogP contribution in [-0.4, -0.2) is 45.1 Å². The second-order valence-electron chi connectivity index (χ2n) is 7.05. The Morgan fingerprint density at radius 2 is 2.04 bits per heavy atom. The molecule has 1 saturated heterocycles. The summed E-state index contributed by atoms with van der Waals surface area (Å²) in [7, 11) is 0. The molecule has 0 unspecified atom stereocenters. The van der Waals surface area contributed by atoms with Gasteiger partial charge in [-0.3, -0.25) is 9.78 Å². The first kappa shape index (κ1) is 18.3. The second kappa shape index (κ2) is 7.90. The minimum atomic E-state index is -0.252. The second-order valence-corrected chi connectivity index (χ2v) is 7.05. The molecule has 0 aliphatic carbocycles.